The molecule has 0 aliphatic carbocycles. The van der Waals surface area contributed by atoms with Crippen LogP contribution in [0.25, 0.3) is 0 Å². The molecule has 0 heterocycles. The van der Waals surface area contributed by atoms with Crippen LogP contribution in [-0.4, -0.2) is 19.0 Å². The standard InChI is InChI=1S/C24H22F3N3O3/c1-15-11-16(9-10-21(15)33-20-8-3-5-17(12-20)22(31)28-2)14-29-23(32)30-19-7-4-6-18(13-19)24(25,26)27/h3-13H,14H2,1-2H3,(H,28,31)(H2,29,30,32). The number of rotatable bonds is 6. The second-order valence-corrected chi connectivity index (χ2v) is 7.20. The molecule has 3 aromatic rings. The predicted molar refractivity (Wildman–Crippen MR) is 118 cm³/mol. The van der Waals surface area contributed by atoms with Gasteiger partial charge < -0.3 is 20.7 Å². The van der Waals surface area contributed by atoms with Gasteiger partial charge in [0.25, 0.3) is 5.91 Å². The summed E-state index contributed by atoms with van der Waals surface area (Å²) < 4.78 is 44.3. The van der Waals surface area contributed by atoms with Gasteiger partial charge in [-0.1, -0.05) is 24.3 Å². The number of halogens is 3. The summed E-state index contributed by atoms with van der Waals surface area (Å²) in [5.41, 5.74) is 1.25. The van der Waals surface area contributed by atoms with E-state index in [1.807, 2.05) is 13.0 Å². The Bertz CT molecular complexity index is 1160. The Labute approximate surface area is 188 Å². The van der Waals surface area contributed by atoms with E-state index in [1.165, 1.54) is 12.1 Å². The molecule has 0 aliphatic heterocycles. The molecule has 0 aromatic heterocycles. The van der Waals surface area contributed by atoms with Gasteiger partial charge in [0.05, 0.1) is 5.56 Å². The van der Waals surface area contributed by atoms with Crippen molar-refractivity contribution in [1.82, 2.24) is 10.6 Å². The van der Waals surface area contributed by atoms with Gasteiger partial charge in [-0.15, -0.1) is 0 Å². The van der Waals surface area contributed by atoms with Crippen molar-refractivity contribution < 1.29 is 27.5 Å². The first-order valence-electron chi connectivity index (χ1n) is 9.97. The first kappa shape index (κ1) is 23.6. The van der Waals surface area contributed by atoms with Crippen molar-refractivity contribution >= 4 is 17.6 Å². The Balaban J connectivity index is 1.59. The van der Waals surface area contributed by atoms with Gasteiger partial charge in [-0.05, 0) is 60.5 Å². The van der Waals surface area contributed by atoms with Crippen LogP contribution in [0.15, 0.2) is 66.7 Å². The molecule has 3 aromatic carbocycles. The lowest BCUT2D eigenvalue weighted by Gasteiger charge is -2.13. The summed E-state index contributed by atoms with van der Waals surface area (Å²) in [5, 5.41) is 7.56. The summed E-state index contributed by atoms with van der Waals surface area (Å²) in [6, 6.07) is 15.9. The Kier molecular flexibility index (Phi) is 7.22. The summed E-state index contributed by atoms with van der Waals surface area (Å²) in [4.78, 5) is 23.9. The van der Waals surface area contributed by atoms with E-state index in [0.717, 1.165) is 23.3 Å². The summed E-state index contributed by atoms with van der Waals surface area (Å²) >= 11 is 0. The quantitative estimate of drug-likeness (QED) is 0.458. The van der Waals surface area contributed by atoms with Crippen LogP contribution in [0.1, 0.15) is 27.0 Å². The lowest BCUT2D eigenvalue weighted by Crippen LogP contribution is -2.28. The smallest absolute Gasteiger partial charge is 0.416 e. The first-order chi connectivity index (χ1) is 15.7. The average Bonchev–Trinajstić information content (AvgIpc) is 2.78. The molecule has 3 rings (SSSR count). The molecule has 6 nitrogen and oxygen atoms in total. The van der Waals surface area contributed by atoms with E-state index in [1.54, 1.807) is 43.4 Å². The fraction of sp³-hybridized carbons (Fsp3) is 0.167. The fourth-order valence-electron chi connectivity index (χ4n) is 3.04. The molecule has 0 aliphatic rings. The topological polar surface area (TPSA) is 79.5 Å². The highest BCUT2D eigenvalue weighted by molar-refractivity contribution is 5.94. The predicted octanol–water partition coefficient (Wildman–Crippen LogP) is 5.49. The number of nitrogens with one attached hydrogen (secondary N) is 3. The number of alkyl halides is 3. The molecule has 0 bridgehead atoms. The Hall–Kier alpha value is -4.01. The Morgan fingerprint density at radius 2 is 1.73 bits per heavy atom. The van der Waals surface area contributed by atoms with Crippen molar-refractivity contribution in [3.8, 4) is 11.5 Å². The third kappa shape index (κ3) is 6.49. The van der Waals surface area contributed by atoms with Crippen molar-refractivity contribution in [2.75, 3.05) is 12.4 Å². The third-order valence-corrected chi connectivity index (χ3v) is 4.69. The van der Waals surface area contributed by atoms with Crippen LogP contribution >= 0.6 is 0 Å². The Morgan fingerprint density at radius 3 is 2.42 bits per heavy atom. The summed E-state index contributed by atoms with van der Waals surface area (Å²) in [7, 11) is 1.55. The van der Waals surface area contributed by atoms with Gasteiger partial charge in [0.1, 0.15) is 11.5 Å². The molecule has 3 amide bonds. The number of benzene rings is 3. The van der Waals surface area contributed by atoms with E-state index in [9.17, 15) is 22.8 Å². The van der Waals surface area contributed by atoms with E-state index < -0.39 is 17.8 Å². The minimum absolute atomic E-state index is 0.0428. The lowest BCUT2D eigenvalue weighted by molar-refractivity contribution is -0.137. The number of hydrogen-bond acceptors (Lipinski definition) is 3. The van der Waals surface area contributed by atoms with E-state index in [0.29, 0.717) is 17.1 Å². The van der Waals surface area contributed by atoms with Crippen molar-refractivity contribution in [2.24, 2.45) is 0 Å². The maximum atomic E-state index is 12.8. The van der Waals surface area contributed by atoms with Crippen LogP contribution in [-0.2, 0) is 12.7 Å². The lowest BCUT2D eigenvalue weighted by atomic mass is 10.1. The normalized spacial score (nSPS) is 10.9. The third-order valence-electron chi connectivity index (χ3n) is 4.69. The molecule has 33 heavy (non-hydrogen) atoms. The Morgan fingerprint density at radius 1 is 0.970 bits per heavy atom. The molecule has 0 unspecified atom stereocenters. The molecule has 0 spiro atoms. The van der Waals surface area contributed by atoms with Gasteiger partial charge in [0, 0.05) is 24.8 Å². The van der Waals surface area contributed by atoms with Crippen molar-refractivity contribution in [2.45, 2.75) is 19.6 Å². The number of anilines is 1. The van der Waals surface area contributed by atoms with Gasteiger partial charge in [0.15, 0.2) is 0 Å². The highest BCUT2D eigenvalue weighted by Crippen LogP contribution is 2.30. The maximum absolute atomic E-state index is 12.8. The zero-order valence-electron chi connectivity index (χ0n) is 17.9. The minimum atomic E-state index is -4.49. The largest absolute Gasteiger partial charge is 0.457 e. The monoisotopic (exact) mass is 457 g/mol. The molecule has 3 N–H and O–H groups in total. The molecule has 0 atom stereocenters. The van der Waals surface area contributed by atoms with Crippen molar-refractivity contribution in [3.63, 3.8) is 0 Å². The number of ether oxygens (including phenoxy) is 1. The summed E-state index contributed by atoms with van der Waals surface area (Å²) in [6.45, 7) is 2.00. The second-order valence-electron chi connectivity index (χ2n) is 7.20. The molecule has 0 saturated carbocycles. The zero-order valence-corrected chi connectivity index (χ0v) is 17.9. The van der Waals surface area contributed by atoms with Crippen LogP contribution < -0.4 is 20.7 Å². The number of carbonyl (C=O) groups excluding carboxylic acids is 2. The van der Waals surface area contributed by atoms with Crippen LogP contribution in [0.5, 0.6) is 11.5 Å². The van der Waals surface area contributed by atoms with Gasteiger partial charge in [0.2, 0.25) is 0 Å². The average molecular weight is 457 g/mol. The summed E-state index contributed by atoms with van der Waals surface area (Å²) in [6.07, 6.45) is -4.49. The number of hydrogen-bond donors (Lipinski definition) is 3. The maximum Gasteiger partial charge on any atom is 0.416 e. The van der Waals surface area contributed by atoms with Crippen molar-refractivity contribution in [3.05, 3.63) is 89.0 Å². The van der Waals surface area contributed by atoms with Gasteiger partial charge in [-0.3, -0.25) is 4.79 Å². The second kappa shape index (κ2) is 10.1. The van der Waals surface area contributed by atoms with Crippen LogP contribution in [0.4, 0.5) is 23.7 Å². The molecule has 0 radical (unpaired) electrons. The molecule has 0 fully saturated rings. The van der Waals surface area contributed by atoms with Gasteiger partial charge in [-0.25, -0.2) is 4.79 Å². The van der Waals surface area contributed by atoms with E-state index >= 15 is 0 Å². The highest BCUT2D eigenvalue weighted by atomic mass is 19.4. The molecule has 9 heteroatoms. The van der Waals surface area contributed by atoms with Gasteiger partial charge in [-0.2, -0.15) is 13.2 Å². The number of aryl methyl sites for hydroxylation is 1. The van der Waals surface area contributed by atoms with E-state index in [2.05, 4.69) is 16.0 Å². The first-order valence-corrected chi connectivity index (χ1v) is 9.97. The van der Waals surface area contributed by atoms with Crippen LogP contribution in [0.3, 0.4) is 0 Å². The zero-order chi connectivity index (χ0) is 24.0. The number of carbonyl (C=O) groups is 2. The van der Waals surface area contributed by atoms with E-state index in [-0.39, 0.29) is 18.1 Å². The fourth-order valence-corrected chi connectivity index (χ4v) is 3.04. The van der Waals surface area contributed by atoms with E-state index in [4.69, 9.17) is 4.74 Å². The molecule has 0 saturated heterocycles. The van der Waals surface area contributed by atoms with Crippen LogP contribution in [0.2, 0.25) is 0 Å². The molecular formula is C24H22F3N3O3. The molecular weight excluding hydrogens is 435 g/mol. The highest BCUT2D eigenvalue weighted by Gasteiger charge is 2.30. The van der Waals surface area contributed by atoms with Gasteiger partial charge >= 0.3 is 12.2 Å². The molecule has 172 valence electrons. The number of urea groups is 1. The number of amides is 3. The SMILES string of the molecule is CNC(=O)c1cccc(Oc2ccc(CNC(=O)Nc3cccc(C(F)(F)F)c3)cc2C)c1. The van der Waals surface area contributed by atoms with Crippen molar-refractivity contribution in [1.29, 1.82) is 0 Å². The summed E-state index contributed by atoms with van der Waals surface area (Å²) in [5.74, 6) is 0.869. The minimum Gasteiger partial charge on any atom is -0.457 e. The van der Waals surface area contributed by atoms with Crippen LogP contribution in [0, 0.1) is 6.92 Å².